The summed E-state index contributed by atoms with van der Waals surface area (Å²) in [5, 5.41) is 5.91. The standard InChI is InChI=1S/C22H28N2O2/c25-20(24-19-5-4-17-2-1-3-18(17)9-19)13-23-21(26)22-10-14-6-15(11-22)8-16(7-14)12-22/h4-5,9,14-16H,1-3,6-8,10-13H2,(H,23,26)(H,24,25). The fraction of sp³-hybridized carbons (Fsp3) is 0.636. The Kier molecular flexibility index (Phi) is 3.84. The van der Waals surface area contributed by atoms with E-state index in [2.05, 4.69) is 22.8 Å². The van der Waals surface area contributed by atoms with Gasteiger partial charge in [0.15, 0.2) is 0 Å². The monoisotopic (exact) mass is 352 g/mol. The normalized spacial score (nSPS) is 33.8. The molecule has 0 atom stereocenters. The maximum atomic E-state index is 12.9. The van der Waals surface area contributed by atoms with E-state index >= 15 is 0 Å². The number of carbonyl (C=O) groups is 2. The third-order valence-electron chi connectivity index (χ3n) is 7.31. The molecule has 0 radical (unpaired) electrons. The van der Waals surface area contributed by atoms with Crippen molar-refractivity contribution < 1.29 is 9.59 Å². The van der Waals surface area contributed by atoms with Gasteiger partial charge in [0.1, 0.15) is 0 Å². The van der Waals surface area contributed by atoms with E-state index in [1.807, 2.05) is 6.07 Å². The molecule has 5 aliphatic carbocycles. The second kappa shape index (κ2) is 6.11. The van der Waals surface area contributed by atoms with Crippen LogP contribution in [0.3, 0.4) is 0 Å². The largest absolute Gasteiger partial charge is 0.347 e. The highest BCUT2D eigenvalue weighted by Gasteiger charge is 2.54. The second-order valence-electron chi connectivity index (χ2n) is 9.27. The summed E-state index contributed by atoms with van der Waals surface area (Å²) in [6.07, 6.45) is 10.5. The third kappa shape index (κ3) is 2.83. The molecule has 0 unspecified atom stereocenters. The van der Waals surface area contributed by atoms with Crippen LogP contribution in [0.1, 0.15) is 56.1 Å². The Hall–Kier alpha value is -1.84. The summed E-state index contributed by atoms with van der Waals surface area (Å²) >= 11 is 0. The summed E-state index contributed by atoms with van der Waals surface area (Å²) in [6.45, 7) is 0.0810. The summed E-state index contributed by atoms with van der Waals surface area (Å²) in [6, 6.07) is 6.18. The van der Waals surface area contributed by atoms with Crippen molar-refractivity contribution in [3.8, 4) is 0 Å². The summed E-state index contributed by atoms with van der Waals surface area (Å²) in [7, 11) is 0. The van der Waals surface area contributed by atoms with Gasteiger partial charge in [-0.2, -0.15) is 0 Å². The van der Waals surface area contributed by atoms with Crippen LogP contribution in [0.4, 0.5) is 5.69 Å². The van der Waals surface area contributed by atoms with Gasteiger partial charge >= 0.3 is 0 Å². The number of nitrogens with one attached hydrogen (secondary N) is 2. The molecule has 138 valence electrons. The number of carbonyl (C=O) groups excluding carboxylic acids is 2. The molecule has 4 nitrogen and oxygen atoms in total. The first-order valence-corrected chi connectivity index (χ1v) is 10.3. The SMILES string of the molecule is O=C(CNC(=O)C12CC3CC(CC(C3)C1)C2)Nc1ccc2c(c1)CCC2. The molecule has 4 fully saturated rings. The van der Waals surface area contributed by atoms with Crippen LogP contribution >= 0.6 is 0 Å². The lowest BCUT2D eigenvalue weighted by Gasteiger charge is -2.55. The maximum absolute atomic E-state index is 12.9. The zero-order chi connectivity index (χ0) is 17.7. The molecule has 0 aliphatic heterocycles. The first kappa shape index (κ1) is 16.3. The quantitative estimate of drug-likeness (QED) is 0.872. The van der Waals surface area contributed by atoms with Crippen molar-refractivity contribution in [1.29, 1.82) is 0 Å². The lowest BCUT2D eigenvalue weighted by molar-refractivity contribution is -0.146. The summed E-state index contributed by atoms with van der Waals surface area (Å²) in [5.74, 6) is 2.23. The lowest BCUT2D eigenvalue weighted by atomic mass is 9.49. The molecule has 6 rings (SSSR count). The molecule has 4 heteroatoms. The Morgan fingerprint density at radius 2 is 1.62 bits per heavy atom. The minimum Gasteiger partial charge on any atom is -0.347 e. The number of benzene rings is 1. The van der Waals surface area contributed by atoms with E-state index in [0.29, 0.717) is 0 Å². The van der Waals surface area contributed by atoms with E-state index in [0.717, 1.165) is 55.5 Å². The van der Waals surface area contributed by atoms with Gasteiger partial charge in [-0.25, -0.2) is 0 Å². The van der Waals surface area contributed by atoms with Crippen molar-refractivity contribution in [3.63, 3.8) is 0 Å². The number of hydrogen-bond acceptors (Lipinski definition) is 2. The van der Waals surface area contributed by atoms with Gasteiger partial charge in [-0.3, -0.25) is 9.59 Å². The molecule has 2 N–H and O–H groups in total. The minimum atomic E-state index is -0.178. The topological polar surface area (TPSA) is 58.2 Å². The zero-order valence-electron chi connectivity index (χ0n) is 15.4. The van der Waals surface area contributed by atoms with E-state index in [-0.39, 0.29) is 23.8 Å². The van der Waals surface area contributed by atoms with Crippen LogP contribution in [-0.2, 0) is 22.4 Å². The van der Waals surface area contributed by atoms with Crippen LogP contribution in [-0.4, -0.2) is 18.4 Å². The summed E-state index contributed by atoms with van der Waals surface area (Å²) in [5.41, 5.74) is 3.42. The molecule has 4 saturated carbocycles. The molecule has 0 saturated heterocycles. The van der Waals surface area contributed by atoms with Crippen molar-refractivity contribution in [2.75, 3.05) is 11.9 Å². The van der Waals surface area contributed by atoms with Crippen molar-refractivity contribution in [2.24, 2.45) is 23.2 Å². The van der Waals surface area contributed by atoms with Crippen LogP contribution in [0, 0.1) is 23.2 Å². The minimum absolute atomic E-state index is 0.0810. The molecule has 2 amide bonds. The Balaban J connectivity index is 1.18. The van der Waals surface area contributed by atoms with Crippen LogP contribution in [0.5, 0.6) is 0 Å². The van der Waals surface area contributed by atoms with Gasteiger partial charge in [0.2, 0.25) is 11.8 Å². The van der Waals surface area contributed by atoms with Crippen molar-refractivity contribution in [3.05, 3.63) is 29.3 Å². The maximum Gasteiger partial charge on any atom is 0.243 e. The third-order valence-corrected chi connectivity index (χ3v) is 7.31. The Labute approximate surface area is 155 Å². The molecule has 0 aromatic heterocycles. The molecular weight excluding hydrogens is 324 g/mol. The highest BCUT2D eigenvalue weighted by atomic mass is 16.2. The van der Waals surface area contributed by atoms with Crippen LogP contribution < -0.4 is 10.6 Å². The van der Waals surface area contributed by atoms with Crippen LogP contribution in [0.15, 0.2) is 18.2 Å². The number of aryl methyl sites for hydroxylation is 2. The molecule has 4 bridgehead atoms. The van der Waals surface area contributed by atoms with Gasteiger partial charge in [-0.15, -0.1) is 0 Å². The van der Waals surface area contributed by atoms with Crippen molar-refractivity contribution >= 4 is 17.5 Å². The molecule has 5 aliphatic rings. The number of fused-ring (bicyclic) bond motifs is 1. The average molecular weight is 352 g/mol. The predicted octanol–water partition coefficient (Wildman–Crippen LogP) is 3.45. The highest BCUT2D eigenvalue weighted by Crippen LogP contribution is 2.60. The van der Waals surface area contributed by atoms with E-state index in [9.17, 15) is 9.59 Å². The Morgan fingerprint density at radius 1 is 0.962 bits per heavy atom. The molecule has 26 heavy (non-hydrogen) atoms. The Bertz CT molecular complexity index is 719. The number of rotatable bonds is 4. The summed E-state index contributed by atoms with van der Waals surface area (Å²) in [4.78, 5) is 25.2. The van der Waals surface area contributed by atoms with Crippen molar-refractivity contribution in [2.45, 2.75) is 57.8 Å². The van der Waals surface area contributed by atoms with Gasteiger partial charge in [0.05, 0.1) is 6.54 Å². The second-order valence-corrected chi connectivity index (χ2v) is 9.27. The molecule has 1 aromatic rings. The van der Waals surface area contributed by atoms with E-state index in [1.54, 1.807) is 0 Å². The van der Waals surface area contributed by atoms with Crippen LogP contribution in [0.2, 0.25) is 0 Å². The fourth-order valence-electron chi connectivity index (χ4n) is 6.59. The number of anilines is 1. The predicted molar refractivity (Wildman–Crippen MR) is 101 cm³/mol. The zero-order valence-corrected chi connectivity index (χ0v) is 15.4. The number of hydrogen-bond donors (Lipinski definition) is 2. The van der Waals surface area contributed by atoms with Gasteiger partial charge in [-0.1, -0.05) is 6.07 Å². The van der Waals surface area contributed by atoms with Gasteiger partial charge < -0.3 is 10.6 Å². The molecule has 0 spiro atoms. The fourth-order valence-corrected chi connectivity index (χ4v) is 6.59. The van der Waals surface area contributed by atoms with E-state index in [1.165, 1.54) is 36.8 Å². The average Bonchev–Trinajstić information content (AvgIpc) is 3.06. The summed E-state index contributed by atoms with van der Waals surface area (Å²) < 4.78 is 0. The Morgan fingerprint density at radius 3 is 2.31 bits per heavy atom. The molecule has 0 heterocycles. The number of amides is 2. The molecule has 1 aromatic carbocycles. The van der Waals surface area contributed by atoms with Gasteiger partial charge in [-0.05, 0) is 98.8 Å². The van der Waals surface area contributed by atoms with E-state index in [4.69, 9.17) is 0 Å². The smallest absolute Gasteiger partial charge is 0.243 e. The van der Waals surface area contributed by atoms with E-state index < -0.39 is 0 Å². The van der Waals surface area contributed by atoms with Crippen molar-refractivity contribution in [1.82, 2.24) is 5.32 Å². The van der Waals surface area contributed by atoms with Gasteiger partial charge in [0.25, 0.3) is 0 Å². The first-order valence-electron chi connectivity index (χ1n) is 10.3. The molecular formula is C22H28N2O2. The van der Waals surface area contributed by atoms with Gasteiger partial charge in [0, 0.05) is 11.1 Å². The first-order chi connectivity index (χ1) is 12.6. The lowest BCUT2D eigenvalue weighted by Crippen LogP contribution is -2.54. The van der Waals surface area contributed by atoms with Crippen LogP contribution in [0.25, 0.3) is 0 Å². The highest BCUT2D eigenvalue weighted by molar-refractivity contribution is 5.95.